The van der Waals surface area contributed by atoms with Crippen molar-refractivity contribution in [2.75, 3.05) is 43.1 Å². The van der Waals surface area contributed by atoms with Crippen LogP contribution in [-0.2, 0) is 6.54 Å². The number of aryl methyl sites for hydroxylation is 1. The summed E-state index contributed by atoms with van der Waals surface area (Å²) < 4.78 is 10.6. The molecule has 1 aromatic carbocycles. The maximum atomic E-state index is 12.8. The highest BCUT2D eigenvalue weighted by Gasteiger charge is 2.24. The molecule has 5 rings (SSSR count). The maximum absolute atomic E-state index is 12.8. The summed E-state index contributed by atoms with van der Waals surface area (Å²) in [6.45, 7) is 5.78. The van der Waals surface area contributed by atoms with Crippen LogP contribution in [0.15, 0.2) is 53.4 Å². The van der Waals surface area contributed by atoms with Gasteiger partial charge in [-0.15, -0.1) is 11.3 Å². The molecule has 4 heterocycles. The van der Waals surface area contributed by atoms with Gasteiger partial charge < -0.3 is 24.3 Å². The maximum Gasteiger partial charge on any atom is 0.262 e. The molecule has 1 saturated heterocycles. The van der Waals surface area contributed by atoms with Crippen molar-refractivity contribution in [3.05, 3.63) is 65.2 Å². The average molecular weight is 464 g/mol. The molecule has 1 aliphatic heterocycles. The predicted octanol–water partition coefficient (Wildman–Crippen LogP) is 3.86. The van der Waals surface area contributed by atoms with Gasteiger partial charge in [-0.1, -0.05) is 0 Å². The minimum Gasteiger partial charge on any atom is -0.497 e. The van der Waals surface area contributed by atoms with Crippen LogP contribution in [0, 0.1) is 6.92 Å². The average Bonchev–Trinajstić information content (AvgIpc) is 3.51. The zero-order chi connectivity index (χ0) is 22.8. The fraction of sp³-hybridized carbons (Fsp3) is 0.292. The molecule has 8 nitrogen and oxygen atoms in total. The fourth-order valence-corrected chi connectivity index (χ4v) is 5.20. The van der Waals surface area contributed by atoms with Crippen LogP contribution < -0.4 is 19.9 Å². The van der Waals surface area contributed by atoms with Gasteiger partial charge in [-0.3, -0.25) is 4.79 Å². The molecular weight excluding hydrogens is 438 g/mol. The number of benzene rings is 1. The van der Waals surface area contributed by atoms with Crippen LogP contribution in [0.25, 0.3) is 10.2 Å². The number of methoxy groups -OCH3 is 1. The van der Waals surface area contributed by atoms with Gasteiger partial charge in [0.1, 0.15) is 28.5 Å². The van der Waals surface area contributed by atoms with Crippen LogP contribution in [0.2, 0.25) is 0 Å². The summed E-state index contributed by atoms with van der Waals surface area (Å²) in [6, 6.07) is 11.8. The number of rotatable bonds is 6. The van der Waals surface area contributed by atoms with Gasteiger partial charge in [0.2, 0.25) is 0 Å². The molecule has 0 unspecified atom stereocenters. The first-order valence-electron chi connectivity index (χ1n) is 10.8. The molecule has 9 heteroatoms. The van der Waals surface area contributed by atoms with Gasteiger partial charge in [0, 0.05) is 31.9 Å². The Hall–Kier alpha value is -3.59. The quantitative estimate of drug-likeness (QED) is 0.465. The van der Waals surface area contributed by atoms with Crippen molar-refractivity contribution in [1.82, 2.24) is 15.3 Å². The molecule has 0 saturated carbocycles. The van der Waals surface area contributed by atoms with Crippen LogP contribution in [0.4, 0.5) is 11.5 Å². The number of aromatic nitrogens is 2. The summed E-state index contributed by atoms with van der Waals surface area (Å²) in [4.78, 5) is 28.0. The Kier molecular flexibility index (Phi) is 5.87. The van der Waals surface area contributed by atoms with Crippen molar-refractivity contribution in [1.29, 1.82) is 0 Å². The molecule has 4 aromatic rings. The number of hydrogen-bond donors (Lipinski definition) is 1. The molecule has 3 aromatic heterocycles. The number of nitrogens with zero attached hydrogens (tertiary/aromatic N) is 4. The molecule has 0 atom stereocenters. The number of fused-ring (bicyclic) bond motifs is 1. The normalized spacial score (nSPS) is 14.0. The summed E-state index contributed by atoms with van der Waals surface area (Å²) >= 11 is 1.41. The lowest BCUT2D eigenvalue weighted by molar-refractivity contribution is 0.0951. The van der Waals surface area contributed by atoms with Crippen LogP contribution in [0.5, 0.6) is 5.75 Å². The smallest absolute Gasteiger partial charge is 0.262 e. The number of carbonyl (C=O) groups is 1. The van der Waals surface area contributed by atoms with E-state index in [1.165, 1.54) is 17.0 Å². The third kappa shape index (κ3) is 4.23. The monoisotopic (exact) mass is 463 g/mol. The zero-order valence-corrected chi connectivity index (χ0v) is 19.4. The van der Waals surface area contributed by atoms with E-state index in [1.54, 1.807) is 19.7 Å². The summed E-state index contributed by atoms with van der Waals surface area (Å²) in [5, 5.41) is 3.90. The second-order valence-corrected chi connectivity index (χ2v) is 8.87. The summed E-state index contributed by atoms with van der Waals surface area (Å²) in [5.74, 6) is 2.35. The van der Waals surface area contributed by atoms with Crippen molar-refractivity contribution in [3.8, 4) is 5.75 Å². The second-order valence-electron chi connectivity index (χ2n) is 7.87. The lowest BCUT2D eigenvalue weighted by atomic mass is 10.1. The topological polar surface area (TPSA) is 83.7 Å². The van der Waals surface area contributed by atoms with Crippen molar-refractivity contribution in [3.63, 3.8) is 0 Å². The predicted molar refractivity (Wildman–Crippen MR) is 129 cm³/mol. The Balaban J connectivity index is 1.33. The minimum atomic E-state index is -0.123. The van der Waals surface area contributed by atoms with E-state index in [0.29, 0.717) is 11.4 Å². The molecule has 1 aliphatic rings. The number of nitrogens with one attached hydrogen (secondary N) is 1. The second kappa shape index (κ2) is 9.11. The van der Waals surface area contributed by atoms with E-state index in [-0.39, 0.29) is 5.91 Å². The van der Waals surface area contributed by atoms with E-state index >= 15 is 0 Å². The van der Waals surface area contributed by atoms with Gasteiger partial charge in [-0.2, -0.15) is 0 Å². The molecule has 0 radical (unpaired) electrons. The molecule has 0 aliphatic carbocycles. The molecule has 1 amide bonds. The summed E-state index contributed by atoms with van der Waals surface area (Å²) in [5.41, 5.74) is 2.10. The van der Waals surface area contributed by atoms with E-state index in [9.17, 15) is 4.79 Å². The summed E-state index contributed by atoms with van der Waals surface area (Å²) in [7, 11) is 1.68. The molecule has 170 valence electrons. The van der Waals surface area contributed by atoms with Crippen LogP contribution in [0.1, 0.15) is 21.0 Å². The standard InChI is InChI=1S/C24H25N5O3S/c1-16-20-22(29-11-9-28(10-12-29)17-5-7-18(31-2)8-6-17)26-15-27-24(20)33-21(16)23(30)25-14-19-4-3-13-32-19/h3-8,13,15H,9-12,14H2,1-2H3,(H,25,30). The fourth-order valence-electron chi connectivity index (χ4n) is 4.14. The van der Waals surface area contributed by atoms with Crippen molar-refractivity contribution in [2.24, 2.45) is 0 Å². The summed E-state index contributed by atoms with van der Waals surface area (Å²) in [6.07, 6.45) is 3.19. The first kappa shape index (κ1) is 21.3. The Labute approximate surface area is 195 Å². The molecule has 1 fully saturated rings. The van der Waals surface area contributed by atoms with Crippen molar-refractivity contribution >= 4 is 39.0 Å². The molecular formula is C24H25N5O3S. The number of anilines is 2. The highest BCUT2D eigenvalue weighted by Crippen LogP contribution is 2.35. The Morgan fingerprint density at radius 1 is 1.12 bits per heavy atom. The largest absolute Gasteiger partial charge is 0.497 e. The highest BCUT2D eigenvalue weighted by molar-refractivity contribution is 7.20. The van der Waals surface area contributed by atoms with Gasteiger partial charge in [-0.25, -0.2) is 9.97 Å². The van der Waals surface area contributed by atoms with Crippen LogP contribution >= 0.6 is 11.3 Å². The SMILES string of the molecule is COc1ccc(N2CCN(c3ncnc4sc(C(=O)NCc5ccco5)c(C)c34)CC2)cc1. The highest BCUT2D eigenvalue weighted by atomic mass is 32.1. The number of furan rings is 1. The van der Waals surface area contributed by atoms with E-state index in [2.05, 4.69) is 37.2 Å². The number of ether oxygens (including phenoxy) is 1. The Bertz CT molecular complexity index is 1250. The van der Waals surface area contributed by atoms with Crippen LogP contribution in [0.3, 0.4) is 0 Å². The molecule has 0 spiro atoms. The van der Waals surface area contributed by atoms with Gasteiger partial charge in [0.15, 0.2) is 0 Å². The number of hydrogen-bond acceptors (Lipinski definition) is 8. The number of amides is 1. The van der Waals surface area contributed by atoms with E-state index in [1.807, 2.05) is 31.2 Å². The molecule has 33 heavy (non-hydrogen) atoms. The van der Waals surface area contributed by atoms with Gasteiger partial charge >= 0.3 is 0 Å². The van der Waals surface area contributed by atoms with Crippen molar-refractivity contribution in [2.45, 2.75) is 13.5 Å². The van der Waals surface area contributed by atoms with Crippen LogP contribution in [-0.4, -0.2) is 49.2 Å². The molecule has 0 bridgehead atoms. The third-order valence-corrected chi connectivity index (χ3v) is 7.13. The van der Waals surface area contributed by atoms with Crippen molar-refractivity contribution < 1.29 is 13.9 Å². The number of piperazine rings is 1. The van der Waals surface area contributed by atoms with Gasteiger partial charge in [0.05, 0.1) is 30.2 Å². The number of thiophene rings is 1. The first-order valence-corrected chi connectivity index (χ1v) is 11.6. The van der Waals surface area contributed by atoms with E-state index in [0.717, 1.165) is 59.3 Å². The van der Waals surface area contributed by atoms with Gasteiger partial charge in [0.25, 0.3) is 5.91 Å². The zero-order valence-electron chi connectivity index (χ0n) is 18.6. The van der Waals surface area contributed by atoms with E-state index < -0.39 is 0 Å². The molecule has 1 N–H and O–H groups in total. The van der Waals surface area contributed by atoms with E-state index in [4.69, 9.17) is 9.15 Å². The first-order chi connectivity index (χ1) is 16.1. The third-order valence-electron chi connectivity index (χ3n) is 5.93. The lowest BCUT2D eigenvalue weighted by Gasteiger charge is -2.37. The van der Waals surface area contributed by atoms with Gasteiger partial charge in [-0.05, 0) is 48.9 Å². The lowest BCUT2D eigenvalue weighted by Crippen LogP contribution is -2.46. The Morgan fingerprint density at radius 3 is 2.58 bits per heavy atom. The number of carbonyl (C=O) groups excluding carboxylic acids is 1. The minimum absolute atomic E-state index is 0.123. The Morgan fingerprint density at radius 2 is 1.88 bits per heavy atom.